The highest BCUT2D eigenvalue weighted by molar-refractivity contribution is 5.92. The van der Waals surface area contributed by atoms with E-state index in [1.165, 1.54) is 76.2 Å². The molecule has 1 aliphatic heterocycles. The van der Waals surface area contributed by atoms with Gasteiger partial charge in [-0.2, -0.15) is 0 Å². The summed E-state index contributed by atoms with van der Waals surface area (Å²) in [5, 5.41) is 0. The first-order chi connectivity index (χ1) is 20.8. The van der Waals surface area contributed by atoms with Crippen molar-refractivity contribution < 1.29 is 14.3 Å². The minimum Gasteiger partial charge on any atom is -0.493 e. The quantitative estimate of drug-likeness (QED) is 0.145. The maximum Gasteiger partial charge on any atom is 0.224 e. The molecule has 0 aliphatic carbocycles. The van der Waals surface area contributed by atoms with Gasteiger partial charge in [-0.25, -0.2) is 0 Å². The third-order valence-electron chi connectivity index (χ3n) is 8.40. The molecule has 0 aromatic heterocycles. The van der Waals surface area contributed by atoms with Crippen molar-refractivity contribution in [2.75, 3.05) is 25.2 Å². The molecule has 0 fully saturated rings. The van der Waals surface area contributed by atoms with E-state index in [9.17, 15) is 4.79 Å². The molecular weight excluding hydrogens is 532 g/mol. The fourth-order valence-electron chi connectivity index (χ4n) is 6.10. The van der Waals surface area contributed by atoms with Crippen molar-refractivity contribution in [1.29, 1.82) is 0 Å². The first-order valence-corrected chi connectivity index (χ1v) is 16.7. The van der Waals surface area contributed by atoms with Crippen LogP contribution in [0.1, 0.15) is 116 Å². The highest BCUT2D eigenvalue weighted by atomic mass is 16.5. The zero-order valence-corrected chi connectivity index (χ0v) is 27.6. The monoisotopic (exact) mass is 588 g/mol. The molecule has 1 unspecified atom stereocenters. The van der Waals surface area contributed by atoms with Crippen molar-refractivity contribution in [2.24, 2.45) is 10.4 Å². The van der Waals surface area contributed by atoms with E-state index in [0.29, 0.717) is 13.2 Å². The van der Waals surface area contributed by atoms with Crippen LogP contribution < -0.4 is 14.4 Å². The molecule has 0 bridgehead atoms. The summed E-state index contributed by atoms with van der Waals surface area (Å²) in [7, 11) is 1.68. The third kappa shape index (κ3) is 11.8. The largest absolute Gasteiger partial charge is 0.493 e. The molecule has 2 aromatic carbocycles. The van der Waals surface area contributed by atoms with Crippen LogP contribution in [0.3, 0.4) is 0 Å². The van der Waals surface area contributed by atoms with Gasteiger partial charge in [-0.3, -0.25) is 9.79 Å². The molecule has 2 aromatic rings. The molecule has 43 heavy (non-hydrogen) atoms. The van der Waals surface area contributed by atoms with Crippen LogP contribution >= 0.6 is 0 Å². The molecule has 5 heteroatoms. The van der Waals surface area contributed by atoms with Gasteiger partial charge in [0, 0.05) is 30.8 Å². The molecule has 0 N–H and O–H groups in total. The van der Waals surface area contributed by atoms with E-state index < -0.39 is 0 Å². The van der Waals surface area contributed by atoms with Gasteiger partial charge in [0.05, 0.1) is 20.3 Å². The second-order valence-corrected chi connectivity index (χ2v) is 12.6. The number of para-hydroxylation sites is 1. The number of rotatable bonds is 20. The molecule has 1 atom stereocenters. The number of allylic oxidation sites excluding steroid dienone is 1. The first-order valence-electron chi connectivity index (χ1n) is 16.7. The number of amides is 1. The SMILES string of the molecule is CCCCCCCCCCCCCCOc1cc(CN(C(C)=O)c2ccccc2CC2(C)C=C(C)C=NC2)ccc1OC. The maximum atomic E-state index is 13.0. The summed E-state index contributed by atoms with van der Waals surface area (Å²) in [6.45, 7) is 10.1. The summed E-state index contributed by atoms with van der Waals surface area (Å²) in [4.78, 5) is 19.4. The summed E-state index contributed by atoms with van der Waals surface area (Å²) in [6.07, 6.45) is 20.9. The molecular formula is C38H56N2O3. The van der Waals surface area contributed by atoms with Gasteiger partial charge < -0.3 is 14.4 Å². The van der Waals surface area contributed by atoms with Gasteiger partial charge >= 0.3 is 0 Å². The van der Waals surface area contributed by atoms with Gasteiger partial charge in [0.2, 0.25) is 5.91 Å². The maximum absolute atomic E-state index is 13.0. The molecule has 1 heterocycles. The second kappa shape index (κ2) is 18.6. The Bertz CT molecular complexity index is 1190. The van der Waals surface area contributed by atoms with Crippen LogP contribution in [0.15, 0.2) is 59.1 Å². The lowest BCUT2D eigenvalue weighted by Gasteiger charge is -2.31. The fraction of sp³-hybridized carbons (Fsp3) is 0.579. The van der Waals surface area contributed by atoms with Crippen LogP contribution in [0.25, 0.3) is 0 Å². The number of nitrogens with zero attached hydrogens (tertiary/aromatic N) is 2. The second-order valence-electron chi connectivity index (χ2n) is 12.6. The van der Waals surface area contributed by atoms with E-state index in [1.54, 1.807) is 14.0 Å². The minimum absolute atomic E-state index is 0.0146. The lowest BCUT2D eigenvalue weighted by atomic mass is 9.80. The number of methoxy groups -OCH3 is 1. The number of anilines is 1. The van der Waals surface area contributed by atoms with Crippen molar-refractivity contribution >= 4 is 17.8 Å². The summed E-state index contributed by atoms with van der Waals surface area (Å²) in [5.41, 5.74) is 4.22. The molecule has 1 amide bonds. The Labute approximate surface area is 261 Å². The number of benzene rings is 2. The van der Waals surface area contributed by atoms with Gasteiger partial charge in [-0.15, -0.1) is 0 Å². The van der Waals surface area contributed by atoms with Crippen LogP contribution in [-0.2, 0) is 17.8 Å². The van der Waals surface area contributed by atoms with E-state index in [-0.39, 0.29) is 11.3 Å². The van der Waals surface area contributed by atoms with Gasteiger partial charge in [0.25, 0.3) is 0 Å². The van der Waals surface area contributed by atoms with E-state index in [4.69, 9.17) is 9.47 Å². The van der Waals surface area contributed by atoms with Crippen molar-refractivity contribution in [3.63, 3.8) is 0 Å². The topological polar surface area (TPSA) is 51.1 Å². The number of dihydropyridines is 1. The number of carbonyl (C=O) groups is 1. The Morgan fingerprint density at radius 3 is 2.19 bits per heavy atom. The molecule has 5 nitrogen and oxygen atoms in total. The van der Waals surface area contributed by atoms with Gasteiger partial charge in [-0.1, -0.05) is 115 Å². The minimum atomic E-state index is -0.0770. The lowest BCUT2D eigenvalue weighted by molar-refractivity contribution is -0.116. The first kappa shape index (κ1) is 34.4. The fourth-order valence-corrected chi connectivity index (χ4v) is 6.10. The third-order valence-corrected chi connectivity index (χ3v) is 8.40. The molecule has 3 rings (SSSR count). The van der Waals surface area contributed by atoms with Crippen molar-refractivity contribution in [3.8, 4) is 11.5 Å². The molecule has 1 aliphatic rings. The van der Waals surface area contributed by atoms with Crippen LogP contribution in [0.2, 0.25) is 0 Å². The summed E-state index contributed by atoms with van der Waals surface area (Å²) < 4.78 is 11.8. The Morgan fingerprint density at radius 2 is 1.56 bits per heavy atom. The Balaban J connectivity index is 1.53. The highest BCUT2D eigenvalue weighted by Crippen LogP contribution is 2.34. The van der Waals surface area contributed by atoms with Gasteiger partial charge in [0.15, 0.2) is 11.5 Å². The molecule has 0 radical (unpaired) electrons. The Kier molecular flexibility index (Phi) is 14.8. The van der Waals surface area contributed by atoms with Crippen molar-refractivity contribution in [3.05, 3.63) is 65.2 Å². The number of carbonyl (C=O) groups excluding carboxylic acids is 1. The number of unbranched alkanes of at least 4 members (excludes halogenated alkanes) is 11. The standard InChI is InChI=1S/C38H56N2O3/c1-6-7-8-9-10-11-12-13-14-15-16-19-24-43-37-25-33(22-23-36(37)42-5)29-40(32(3)41)35-21-18-17-20-34(35)27-38(4)26-31(2)28-39-30-38/h17-18,20-23,25-26,28H,6-16,19,24,27,29-30H2,1-5H3. The summed E-state index contributed by atoms with van der Waals surface area (Å²) in [6, 6.07) is 14.3. The average molecular weight is 589 g/mol. The zero-order chi connectivity index (χ0) is 30.9. The number of hydrogen-bond acceptors (Lipinski definition) is 4. The normalized spacial score (nSPS) is 16.2. The van der Waals surface area contributed by atoms with Crippen LogP contribution in [0, 0.1) is 5.41 Å². The predicted octanol–water partition coefficient (Wildman–Crippen LogP) is 9.91. The predicted molar refractivity (Wildman–Crippen MR) is 182 cm³/mol. The van der Waals surface area contributed by atoms with Gasteiger partial charge in [0.1, 0.15) is 0 Å². The van der Waals surface area contributed by atoms with E-state index in [1.807, 2.05) is 35.4 Å². The van der Waals surface area contributed by atoms with E-state index in [2.05, 4.69) is 50.0 Å². The summed E-state index contributed by atoms with van der Waals surface area (Å²) >= 11 is 0. The lowest BCUT2D eigenvalue weighted by Crippen LogP contribution is -2.30. The number of hydrogen-bond donors (Lipinski definition) is 0. The van der Waals surface area contributed by atoms with Crippen molar-refractivity contribution in [1.82, 2.24) is 0 Å². The smallest absolute Gasteiger partial charge is 0.224 e. The molecule has 0 spiro atoms. The zero-order valence-electron chi connectivity index (χ0n) is 27.6. The molecule has 236 valence electrons. The van der Waals surface area contributed by atoms with Crippen LogP contribution in [0.5, 0.6) is 11.5 Å². The summed E-state index contributed by atoms with van der Waals surface area (Å²) in [5.74, 6) is 1.49. The van der Waals surface area contributed by atoms with Crippen molar-refractivity contribution in [2.45, 2.75) is 118 Å². The average Bonchev–Trinajstić information content (AvgIpc) is 2.98. The van der Waals surface area contributed by atoms with E-state index in [0.717, 1.165) is 47.7 Å². The molecule has 0 saturated carbocycles. The Hall–Kier alpha value is -3.08. The van der Waals surface area contributed by atoms with Crippen LogP contribution in [0.4, 0.5) is 5.69 Å². The number of aliphatic imine (C=N–C) groups is 1. The van der Waals surface area contributed by atoms with E-state index >= 15 is 0 Å². The molecule has 0 saturated heterocycles. The Morgan fingerprint density at radius 1 is 0.907 bits per heavy atom. The van der Waals surface area contributed by atoms with Gasteiger partial charge in [-0.05, 0) is 54.7 Å². The van der Waals surface area contributed by atoms with Crippen LogP contribution in [-0.4, -0.2) is 32.4 Å². The highest BCUT2D eigenvalue weighted by Gasteiger charge is 2.27. The number of ether oxygens (including phenoxy) is 2.